The minimum absolute atomic E-state index is 0.378. The van der Waals surface area contributed by atoms with Crippen LogP contribution in [0.1, 0.15) is 12.0 Å². The normalized spacial score (nSPS) is 20.3. The van der Waals surface area contributed by atoms with Gasteiger partial charge in [-0.2, -0.15) is 0 Å². The number of hydrogen-bond donors (Lipinski definition) is 1. The summed E-state index contributed by atoms with van der Waals surface area (Å²) in [6, 6.07) is 8.49. The highest BCUT2D eigenvalue weighted by molar-refractivity contribution is 9.10. The molecule has 1 N–H and O–H groups in total. The summed E-state index contributed by atoms with van der Waals surface area (Å²) >= 11 is 3.51. The van der Waals surface area contributed by atoms with E-state index in [1.165, 1.54) is 5.56 Å². The van der Waals surface area contributed by atoms with Crippen LogP contribution in [-0.2, 0) is 11.3 Å². The molecule has 0 spiro atoms. The average molecular weight is 313 g/mol. The van der Waals surface area contributed by atoms with Crippen molar-refractivity contribution in [3.8, 4) is 0 Å². The van der Waals surface area contributed by atoms with Gasteiger partial charge in [-0.1, -0.05) is 28.1 Å². The van der Waals surface area contributed by atoms with E-state index in [4.69, 9.17) is 4.74 Å². The summed E-state index contributed by atoms with van der Waals surface area (Å²) in [5.74, 6) is 0. The number of nitrogens with zero attached hydrogens (tertiary/aromatic N) is 1. The lowest BCUT2D eigenvalue weighted by Crippen LogP contribution is -2.40. The molecule has 1 aliphatic heterocycles. The molecule has 4 heteroatoms. The molecule has 1 aromatic carbocycles. The molecule has 1 saturated heterocycles. The molecule has 2 rings (SSSR count). The maximum Gasteiger partial charge on any atom is 0.0712 e. The first-order valence-corrected chi connectivity index (χ1v) is 7.28. The van der Waals surface area contributed by atoms with Gasteiger partial charge in [-0.25, -0.2) is 0 Å². The number of rotatable bonds is 5. The van der Waals surface area contributed by atoms with Gasteiger partial charge in [-0.3, -0.25) is 0 Å². The lowest BCUT2D eigenvalue weighted by atomic mass is 10.2. The Balaban J connectivity index is 1.72. The Labute approximate surface area is 118 Å². The van der Waals surface area contributed by atoms with Gasteiger partial charge in [0.05, 0.1) is 12.7 Å². The van der Waals surface area contributed by atoms with Crippen molar-refractivity contribution in [1.29, 1.82) is 0 Å². The molecule has 100 valence electrons. The molecule has 0 bridgehead atoms. The topological polar surface area (TPSA) is 24.5 Å². The lowest BCUT2D eigenvalue weighted by Gasteiger charge is -2.26. The van der Waals surface area contributed by atoms with Crippen LogP contribution in [0.5, 0.6) is 0 Å². The standard InChI is InChI=1S/C14H21BrN2O/c1-17(7-5-14-10-16-6-8-18-14)11-12-3-2-4-13(15)9-12/h2-4,9,14,16H,5-8,10-11H2,1H3. The maximum atomic E-state index is 5.70. The number of hydrogen-bond acceptors (Lipinski definition) is 3. The first kappa shape index (κ1) is 14.0. The van der Waals surface area contributed by atoms with Crippen LogP contribution in [0.25, 0.3) is 0 Å². The molecule has 1 aliphatic rings. The number of benzene rings is 1. The molecular formula is C14H21BrN2O. The van der Waals surface area contributed by atoms with Crippen molar-refractivity contribution >= 4 is 15.9 Å². The molecule has 3 nitrogen and oxygen atoms in total. The quantitative estimate of drug-likeness (QED) is 0.902. The van der Waals surface area contributed by atoms with Crippen LogP contribution in [0, 0.1) is 0 Å². The van der Waals surface area contributed by atoms with Crippen molar-refractivity contribution in [2.24, 2.45) is 0 Å². The van der Waals surface area contributed by atoms with E-state index < -0.39 is 0 Å². The van der Waals surface area contributed by atoms with E-state index in [9.17, 15) is 0 Å². The zero-order chi connectivity index (χ0) is 12.8. The van der Waals surface area contributed by atoms with Crippen molar-refractivity contribution in [2.75, 3.05) is 33.3 Å². The molecule has 1 heterocycles. The Morgan fingerprint density at radius 3 is 3.11 bits per heavy atom. The third-order valence-electron chi connectivity index (χ3n) is 3.18. The number of ether oxygens (including phenoxy) is 1. The third kappa shape index (κ3) is 4.69. The van der Waals surface area contributed by atoms with Gasteiger partial charge in [0.2, 0.25) is 0 Å². The number of morpholine rings is 1. The van der Waals surface area contributed by atoms with E-state index in [0.29, 0.717) is 6.10 Å². The summed E-state index contributed by atoms with van der Waals surface area (Å²) < 4.78 is 6.85. The summed E-state index contributed by atoms with van der Waals surface area (Å²) in [7, 11) is 2.16. The molecule has 1 unspecified atom stereocenters. The average Bonchev–Trinajstić information content (AvgIpc) is 2.38. The van der Waals surface area contributed by atoms with Crippen LogP contribution in [0.4, 0.5) is 0 Å². The number of nitrogens with one attached hydrogen (secondary N) is 1. The van der Waals surface area contributed by atoms with Gasteiger partial charge in [-0.15, -0.1) is 0 Å². The monoisotopic (exact) mass is 312 g/mol. The summed E-state index contributed by atoms with van der Waals surface area (Å²) in [5, 5.41) is 3.37. The summed E-state index contributed by atoms with van der Waals surface area (Å²) in [5.41, 5.74) is 1.34. The number of halogens is 1. The van der Waals surface area contributed by atoms with Crippen LogP contribution in [0.3, 0.4) is 0 Å². The maximum absolute atomic E-state index is 5.70. The Morgan fingerprint density at radius 1 is 1.50 bits per heavy atom. The van der Waals surface area contributed by atoms with Gasteiger partial charge in [-0.05, 0) is 31.2 Å². The van der Waals surface area contributed by atoms with E-state index in [2.05, 4.69) is 57.5 Å². The van der Waals surface area contributed by atoms with Crippen molar-refractivity contribution in [3.05, 3.63) is 34.3 Å². The first-order chi connectivity index (χ1) is 8.74. The minimum atomic E-state index is 0.378. The van der Waals surface area contributed by atoms with E-state index >= 15 is 0 Å². The van der Waals surface area contributed by atoms with Crippen molar-refractivity contribution in [2.45, 2.75) is 19.1 Å². The Morgan fingerprint density at radius 2 is 2.39 bits per heavy atom. The highest BCUT2D eigenvalue weighted by Crippen LogP contribution is 2.13. The van der Waals surface area contributed by atoms with Crippen molar-refractivity contribution < 1.29 is 4.74 Å². The summed E-state index contributed by atoms with van der Waals surface area (Å²) in [6.45, 7) is 4.88. The van der Waals surface area contributed by atoms with Gasteiger partial charge in [0.15, 0.2) is 0 Å². The molecular weight excluding hydrogens is 292 g/mol. The molecule has 18 heavy (non-hydrogen) atoms. The second kappa shape index (κ2) is 7.24. The minimum Gasteiger partial charge on any atom is -0.376 e. The van der Waals surface area contributed by atoms with E-state index in [-0.39, 0.29) is 0 Å². The van der Waals surface area contributed by atoms with Crippen LogP contribution in [0.15, 0.2) is 28.7 Å². The van der Waals surface area contributed by atoms with Crippen LogP contribution < -0.4 is 5.32 Å². The molecule has 1 aromatic rings. The second-order valence-corrected chi connectivity index (χ2v) is 5.77. The van der Waals surface area contributed by atoms with Gasteiger partial charge >= 0.3 is 0 Å². The molecule has 0 amide bonds. The van der Waals surface area contributed by atoms with E-state index in [0.717, 1.165) is 43.7 Å². The smallest absolute Gasteiger partial charge is 0.0712 e. The third-order valence-corrected chi connectivity index (χ3v) is 3.67. The zero-order valence-corrected chi connectivity index (χ0v) is 12.4. The highest BCUT2D eigenvalue weighted by Gasteiger charge is 2.13. The van der Waals surface area contributed by atoms with Gasteiger partial charge < -0.3 is 15.0 Å². The Hall–Kier alpha value is -0.420. The fraction of sp³-hybridized carbons (Fsp3) is 0.571. The van der Waals surface area contributed by atoms with Gasteiger partial charge in [0.25, 0.3) is 0 Å². The lowest BCUT2D eigenvalue weighted by molar-refractivity contribution is 0.0184. The van der Waals surface area contributed by atoms with E-state index in [1.807, 2.05) is 0 Å². The molecule has 0 saturated carbocycles. The fourth-order valence-corrected chi connectivity index (χ4v) is 2.64. The second-order valence-electron chi connectivity index (χ2n) is 4.85. The van der Waals surface area contributed by atoms with Gasteiger partial charge in [0.1, 0.15) is 0 Å². The van der Waals surface area contributed by atoms with Crippen LogP contribution in [-0.4, -0.2) is 44.3 Å². The molecule has 0 radical (unpaired) electrons. The SMILES string of the molecule is CN(CCC1CNCCO1)Cc1cccc(Br)c1. The van der Waals surface area contributed by atoms with Crippen LogP contribution >= 0.6 is 15.9 Å². The first-order valence-electron chi connectivity index (χ1n) is 6.49. The molecule has 1 fully saturated rings. The van der Waals surface area contributed by atoms with E-state index in [1.54, 1.807) is 0 Å². The zero-order valence-electron chi connectivity index (χ0n) is 10.9. The molecule has 0 aromatic heterocycles. The fourth-order valence-electron chi connectivity index (χ4n) is 2.20. The molecule has 0 aliphatic carbocycles. The molecule has 1 atom stereocenters. The Bertz CT molecular complexity index is 367. The van der Waals surface area contributed by atoms with Gasteiger partial charge in [0, 0.05) is 30.7 Å². The summed E-state index contributed by atoms with van der Waals surface area (Å²) in [6.07, 6.45) is 1.47. The van der Waals surface area contributed by atoms with Crippen molar-refractivity contribution in [3.63, 3.8) is 0 Å². The highest BCUT2D eigenvalue weighted by atomic mass is 79.9. The predicted molar refractivity (Wildman–Crippen MR) is 77.7 cm³/mol. The predicted octanol–water partition coefficient (Wildman–Crippen LogP) is 2.26. The Kier molecular flexibility index (Phi) is 5.63. The largest absolute Gasteiger partial charge is 0.376 e. The summed E-state index contributed by atoms with van der Waals surface area (Å²) in [4.78, 5) is 2.35. The van der Waals surface area contributed by atoms with Crippen LogP contribution in [0.2, 0.25) is 0 Å². The van der Waals surface area contributed by atoms with Crippen molar-refractivity contribution in [1.82, 2.24) is 10.2 Å².